The predicted octanol–water partition coefficient (Wildman–Crippen LogP) is 5.10. The molecule has 2 heterocycles. The maximum Gasteiger partial charge on any atom is 0.261 e. The Morgan fingerprint density at radius 1 is 1.19 bits per heavy atom. The molecule has 2 N–H and O–H groups in total. The van der Waals surface area contributed by atoms with E-state index in [-0.39, 0.29) is 11.0 Å². The van der Waals surface area contributed by atoms with Gasteiger partial charge in [-0.05, 0) is 71.0 Å². The van der Waals surface area contributed by atoms with E-state index in [0.717, 1.165) is 15.6 Å². The SMILES string of the molecule is COc1c(C)cccc1C(=O)NC(=S)Nc1ccc2oc(-c3cncc(Br)c3)nc2c1. The molecule has 0 saturated heterocycles. The molecule has 31 heavy (non-hydrogen) atoms. The van der Waals surface area contributed by atoms with Crippen LogP contribution in [-0.2, 0) is 0 Å². The monoisotopic (exact) mass is 496 g/mol. The minimum absolute atomic E-state index is 0.160. The number of methoxy groups -OCH3 is 1. The predicted molar refractivity (Wildman–Crippen MR) is 126 cm³/mol. The first-order valence-electron chi connectivity index (χ1n) is 9.22. The van der Waals surface area contributed by atoms with E-state index in [4.69, 9.17) is 21.4 Å². The van der Waals surface area contributed by atoms with Gasteiger partial charge in [-0.15, -0.1) is 0 Å². The van der Waals surface area contributed by atoms with Crippen molar-refractivity contribution in [2.24, 2.45) is 0 Å². The number of hydrogen-bond acceptors (Lipinski definition) is 6. The fraction of sp³-hybridized carbons (Fsp3) is 0.0909. The largest absolute Gasteiger partial charge is 0.496 e. The molecule has 0 bridgehead atoms. The second-order valence-electron chi connectivity index (χ2n) is 6.66. The summed E-state index contributed by atoms with van der Waals surface area (Å²) in [5.41, 5.74) is 3.97. The standard InChI is InChI=1S/C22H17BrN4O3S/c1-12-4-3-5-16(19(12)29-2)20(28)27-22(31)25-15-6-7-18-17(9-15)26-21(30-18)13-8-14(23)11-24-10-13/h3-11H,1-2H3,(H2,25,27,28,31). The number of pyridine rings is 1. The summed E-state index contributed by atoms with van der Waals surface area (Å²) >= 11 is 8.69. The number of nitrogens with one attached hydrogen (secondary N) is 2. The van der Waals surface area contributed by atoms with Gasteiger partial charge in [-0.3, -0.25) is 15.1 Å². The highest BCUT2D eigenvalue weighted by Crippen LogP contribution is 2.27. The molecule has 4 aromatic rings. The third kappa shape index (κ3) is 4.57. The first-order valence-corrected chi connectivity index (χ1v) is 10.4. The third-order valence-electron chi connectivity index (χ3n) is 4.48. The van der Waals surface area contributed by atoms with Crippen molar-refractivity contribution in [1.29, 1.82) is 0 Å². The molecule has 0 fully saturated rings. The van der Waals surface area contributed by atoms with Crippen LogP contribution in [0.5, 0.6) is 5.75 Å². The Balaban J connectivity index is 1.50. The van der Waals surface area contributed by atoms with Crippen LogP contribution in [0.1, 0.15) is 15.9 Å². The second kappa shape index (κ2) is 8.83. The summed E-state index contributed by atoms with van der Waals surface area (Å²) in [4.78, 5) is 21.3. The van der Waals surface area contributed by atoms with Crippen LogP contribution in [0.25, 0.3) is 22.6 Å². The number of anilines is 1. The summed E-state index contributed by atoms with van der Waals surface area (Å²) in [6.45, 7) is 1.87. The van der Waals surface area contributed by atoms with E-state index in [9.17, 15) is 4.79 Å². The molecule has 0 unspecified atom stereocenters. The average Bonchev–Trinajstić information content (AvgIpc) is 3.17. The lowest BCUT2D eigenvalue weighted by molar-refractivity contribution is 0.0974. The number of halogens is 1. The molecule has 4 rings (SSSR count). The van der Waals surface area contributed by atoms with E-state index in [1.165, 1.54) is 7.11 Å². The van der Waals surface area contributed by atoms with Crippen molar-refractivity contribution in [2.75, 3.05) is 12.4 Å². The maximum absolute atomic E-state index is 12.6. The zero-order valence-electron chi connectivity index (χ0n) is 16.6. The number of aromatic nitrogens is 2. The van der Waals surface area contributed by atoms with Crippen molar-refractivity contribution in [1.82, 2.24) is 15.3 Å². The van der Waals surface area contributed by atoms with Crippen LogP contribution >= 0.6 is 28.1 Å². The van der Waals surface area contributed by atoms with Crippen LogP contribution in [0, 0.1) is 6.92 Å². The molecule has 0 aliphatic rings. The van der Waals surface area contributed by atoms with Crippen molar-refractivity contribution in [2.45, 2.75) is 6.92 Å². The van der Waals surface area contributed by atoms with Crippen molar-refractivity contribution in [3.05, 3.63) is 70.5 Å². The molecule has 1 amide bonds. The maximum atomic E-state index is 12.6. The zero-order chi connectivity index (χ0) is 22.0. The molecule has 0 saturated carbocycles. The summed E-state index contributed by atoms with van der Waals surface area (Å²) < 4.78 is 12.0. The number of ether oxygens (including phenoxy) is 1. The molecule has 0 atom stereocenters. The number of amides is 1. The molecule has 0 spiro atoms. The Morgan fingerprint density at radius 3 is 2.81 bits per heavy atom. The highest BCUT2D eigenvalue weighted by atomic mass is 79.9. The summed E-state index contributed by atoms with van der Waals surface area (Å²) in [7, 11) is 1.53. The van der Waals surface area contributed by atoms with Gasteiger partial charge in [0.2, 0.25) is 5.89 Å². The van der Waals surface area contributed by atoms with Gasteiger partial charge in [0.05, 0.1) is 18.2 Å². The smallest absolute Gasteiger partial charge is 0.261 e. The minimum atomic E-state index is -0.356. The molecule has 0 aliphatic carbocycles. The van der Waals surface area contributed by atoms with Gasteiger partial charge in [-0.1, -0.05) is 12.1 Å². The highest BCUT2D eigenvalue weighted by Gasteiger charge is 2.15. The van der Waals surface area contributed by atoms with Gasteiger partial charge in [0.1, 0.15) is 11.3 Å². The molecule has 2 aromatic heterocycles. The number of hydrogen-bond donors (Lipinski definition) is 2. The Bertz CT molecular complexity index is 1310. The van der Waals surface area contributed by atoms with Gasteiger partial charge < -0.3 is 14.5 Å². The number of carbonyl (C=O) groups is 1. The Labute approximate surface area is 192 Å². The van der Waals surface area contributed by atoms with Crippen molar-refractivity contribution >= 4 is 56.0 Å². The Kier molecular flexibility index (Phi) is 5.97. The van der Waals surface area contributed by atoms with Gasteiger partial charge >= 0.3 is 0 Å². The number of para-hydroxylation sites is 1. The van der Waals surface area contributed by atoms with Crippen molar-refractivity contribution in [3.8, 4) is 17.2 Å². The average molecular weight is 497 g/mol. The van der Waals surface area contributed by atoms with Crippen LogP contribution < -0.4 is 15.4 Å². The number of aryl methyl sites for hydroxylation is 1. The first kappa shape index (κ1) is 21.0. The summed E-state index contributed by atoms with van der Waals surface area (Å²) in [6, 6.07) is 12.6. The van der Waals surface area contributed by atoms with Gasteiger partial charge in [0.15, 0.2) is 10.7 Å². The van der Waals surface area contributed by atoms with Crippen LogP contribution in [0.15, 0.2) is 63.7 Å². The van der Waals surface area contributed by atoms with E-state index in [1.807, 2.05) is 19.1 Å². The Hall–Kier alpha value is -3.30. The number of fused-ring (bicyclic) bond motifs is 1. The molecular formula is C22H17BrN4O3S. The normalized spacial score (nSPS) is 10.7. The van der Waals surface area contributed by atoms with Crippen molar-refractivity contribution < 1.29 is 13.9 Å². The number of rotatable bonds is 4. The van der Waals surface area contributed by atoms with Crippen LogP contribution in [0.4, 0.5) is 5.69 Å². The second-order valence-corrected chi connectivity index (χ2v) is 7.98. The zero-order valence-corrected chi connectivity index (χ0v) is 19.0. The van der Waals surface area contributed by atoms with Gasteiger partial charge in [-0.25, -0.2) is 4.98 Å². The molecule has 0 radical (unpaired) electrons. The number of carbonyl (C=O) groups excluding carboxylic acids is 1. The number of benzene rings is 2. The highest BCUT2D eigenvalue weighted by molar-refractivity contribution is 9.10. The van der Waals surface area contributed by atoms with Crippen LogP contribution in [-0.4, -0.2) is 28.1 Å². The third-order valence-corrected chi connectivity index (χ3v) is 5.12. The van der Waals surface area contributed by atoms with E-state index in [1.54, 1.807) is 42.7 Å². The van der Waals surface area contributed by atoms with E-state index in [2.05, 4.69) is 36.5 Å². The lowest BCUT2D eigenvalue weighted by atomic mass is 10.1. The molecular weight excluding hydrogens is 480 g/mol. The minimum Gasteiger partial charge on any atom is -0.496 e. The number of oxazole rings is 1. The molecule has 156 valence electrons. The number of thiocarbonyl (C=S) groups is 1. The van der Waals surface area contributed by atoms with E-state index < -0.39 is 0 Å². The lowest BCUT2D eigenvalue weighted by Crippen LogP contribution is -2.34. The summed E-state index contributed by atoms with van der Waals surface area (Å²) in [6.07, 6.45) is 3.37. The summed E-state index contributed by atoms with van der Waals surface area (Å²) in [5.74, 6) is 0.620. The topological polar surface area (TPSA) is 89.3 Å². The van der Waals surface area contributed by atoms with Crippen LogP contribution in [0.2, 0.25) is 0 Å². The number of nitrogens with zero attached hydrogens (tertiary/aromatic N) is 2. The van der Waals surface area contributed by atoms with E-state index in [0.29, 0.717) is 34.0 Å². The van der Waals surface area contributed by atoms with Crippen molar-refractivity contribution in [3.63, 3.8) is 0 Å². The quantitative estimate of drug-likeness (QED) is 0.380. The van der Waals surface area contributed by atoms with Gasteiger partial charge in [0.25, 0.3) is 5.91 Å². The molecule has 9 heteroatoms. The molecule has 7 nitrogen and oxygen atoms in total. The fourth-order valence-electron chi connectivity index (χ4n) is 3.09. The van der Waals surface area contributed by atoms with E-state index >= 15 is 0 Å². The Morgan fingerprint density at radius 2 is 2.03 bits per heavy atom. The molecule has 2 aromatic carbocycles. The molecule has 0 aliphatic heterocycles. The van der Waals surface area contributed by atoms with Crippen LogP contribution in [0.3, 0.4) is 0 Å². The summed E-state index contributed by atoms with van der Waals surface area (Å²) in [5, 5.41) is 5.84. The van der Waals surface area contributed by atoms with Gasteiger partial charge in [0, 0.05) is 22.6 Å². The lowest BCUT2D eigenvalue weighted by Gasteiger charge is -2.13. The fourth-order valence-corrected chi connectivity index (χ4v) is 3.67. The first-order chi connectivity index (χ1) is 14.9. The van der Waals surface area contributed by atoms with Gasteiger partial charge in [-0.2, -0.15) is 0 Å².